The van der Waals surface area contributed by atoms with Gasteiger partial charge in [-0.05, 0) is 37.6 Å². The van der Waals surface area contributed by atoms with E-state index in [9.17, 15) is 0 Å². The van der Waals surface area contributed by atoms with Crippen molar-refractivity contribution in [2.75, 3.05) is 5.75 Å². The number of aromatic nitrogens is 3. The first-order valence-corrected chi connectivity index (χ1v) is 9.09. The third-order valence-electron chi connectivity index (χ3n) is 3.61. The minimum Gasteiger partial charge on any atom is -0.485 e. The number of benzene rings is 2. The molecule has 0 aliphatic heterocycles. The first-order chi connectivity index (χ1) is 12.1. The van der Waals surface area contributed by atoms with Gasteiger partial charge in [-0.3, -0.25) is 4.57 Å². The minimum absolute atomic E-state index is 0.361. The highest BCUT2D eigenvalue weighted by Crippen LogP contribution is 2.24. The van der Waals surface area contributed by atoms with E-state index in [2.05, 4.69) is 16.8 Å². The lowest BCUT2D eigenvalue weighted by Gasteiger charge is -2.12. The molecule has 0 radical (unpaired) electrons. The van der Waals surface area contributed by atoms with Crippen LogP contribution >= 0.6 is 11.8 Å². The van der Waals surface area contributed by atoms with Crippen LogP contribution in [0.5, 0.6) is 5.75 Å². The molecule has 0 unspecified atom stereocenters. The van der Waals surface area contributed by atoms with E-state index in [4.69, 9.17) is 4.74 Å². The normalized spacial score (nSPS) is 10.6. The zero-order valence-electron chi connectivity index (χ0n) is 14.5. The molecule has 3 aromatic rings. The lowest BCUT2D eigenvalue weighted by Crippen LogP contribution is -2.07. The fraction of sp³-hybridized carbons (Fsp3) is 0.200. The van der Waals surface area contributed by atoms with Crippen molar-refractivity contribution in [3.05, 3.63) is 78.1 Å². The monoisotopic (exact) mass is 351 g/mol. The first kappa shape index (κ1) is 17.3. The second kappa shape index (κ2) is 8.03. The molecular formula is C20H21N3OS. The standard InChI is InChI=1S/C20H21N3OS/c1-15(2)14-25-20-22-21-19(23(20)17-10-5-4-6-11-17)13-24-18-12-8-7-9-16(18)3/h4-12H,1,13-14H2,2-3H3. The van der Waals surface area contributed by atoms with Gasteiger partial charge in [-0.2, -0.15) is 0 Å². The molecule has 0 bridgehead atoms. The van der Waals surface area contributed by atoms with Gasteiger partial charge in [0.05, 0.1) is 0 Å². The average molecular weight is 351 g/mol. The molecule has 1 heterocycles. The van der Waals surface area contributed by atoms with E-state index >= 15 is 0 Å². The van der Waals surface area contributed by atoms with E-state index in [-0.39, 0.29) is 0 Å². The van der Waals surface area contributed by atoms with Gasteiger partial charge in [-0.1, -0.05) is 60.3 Å². The Balaban J connectivity index is 1.88. The number of aryl methyl sites for hydroxylation is 1. The predicted molar refractivity (Wildman–Crippen MR) is 102 cm³/mol. The second-order valence-electron chi connectivity index (χ2n) is 5.87. The molecule has 0 N–H and O–H groups in total. The summed E-state index contributed by atoms with van der Waals surface area (Å²) in [5.74, 6) is 2.45. The largest absolute Gasteiger partial charge is 0.485 e. The van der Waals surface area contributed by atoms with E-state index in [0.29, 0.717) is 6.61 Å². The van der Waals surface area contributed by atoms with Crippen LogP contribution < -0.4 is 4.74 Å². The SMILES string of the molecule is C=C(C)CSc1nnc(COc2ccccc2C)n1-c1ccccc1. The molecule has 25 heavy (non-hydrogen) atoms. The van der Waals surface area contributed by atoms with Gasteiger partial charge in [0.25, 0.3) is 0 Å². The van der Waals surface area contributed by atoms with Crippen LogP contribution in [0.3, 0.4) is 0 Å². The van der Waals surface area contributed by atoms with E-state index in [1.807, 2.05) is 73.0 Å². The smallest absolute Gasteiger partial charge is 0.196 e. The maximum absolute atomic E-state index is 5.97. The number of ether oxygens (including phenoxy) is 1. The summed E-state index contributed by atoms with van der Waals surface area (Å²) in [5, 5.41) is 9.55. The molecule has 0 aliphatic carbocycles. The van der Waals surface area contributed by atoms with Gasteiger partial charge in [-0.15, -0.1) is 10.2 Å². The van der Waals surface area contributed by atoms with Gasteiger partial charge < -0.3 is 4.74 Å². The van der Waals surface area contributed by atoms with Crippen LogP contribution in [-0.2, 0) is 6.61 Å². The number of thioether (sulfide) groups is 1. The van der Waals surface area contributed by atoms with Crippen molar-refractivity contribution in [1.82, 2.24) is 14.8 Å². The van der Waals surface area contributed by atoms with Gasteiger partial charge in [0.1, 0.15) is 12.4 Å². The summed E-state index contributed by atoms with van der Waals surface area (Å²) < 4.78 is 8.02. The van der Waals surface area contributed by atoms with Crippen LogP contribution in [0.4, 0.5) is 0 Å². The van der Waals surface area contributed by atoms with Crippen LogP contribution in [0.2, 0.25) is 0 Å². The summed E-state index contributed by atoms with van der Waals surface area (Å²) in [6.07, 6.45) is 0. The summed E-state index contributed by atoms with van der Waals surface area (Å²) in [4.78, 5) is 0. The van der Waals surface area contributed by atoms with Crippen LogP contribution in [0.15, 0.2) is 71.9 Å². The van der Waals surface area contributed by atoms with Gasteiger partial charge in [0.15, 0.2) is 11.0 Å². The Labute approximate surface area is 152 Å². The molecule has 1 aromatic heterocycles. The predicted octanol–water partition coefficient (Wildman–Crippen LogP) is 4.82. The average Bonchev–Trinajstić information content (AvgIpc) is 3.03. The third-order valence-corrected chi connectivity index (χ3v) is 4.77. The van der Waals surface area contributed by atoms with Crippen molar-refractivity contribution in [2.45, 2.75) is 25.6 Å². The molecule has 4 nitrogen and oxygen atoms in total. The molecule has 0 aliphatic rings. The van der Waals surface area contributed by atoms with Crippen LogP contribution in [0.1, 0.15) is 18.3 Å². The van der Waals surface area contributed by atoms with Crippen molar-refractivity contribution in [3.63, 3.8) is 0 Å². The Morgan fingerprint density at radius 2 is 1.80 bits per heavy atom. The van der Waals surface area contributed by atoms with Gasteiger partial charge >= 0.3 is 0 Å². The van der Waals surface area contributed by atoms with Crippen molar-refractivity contribution in [3.8, 4) is 11.4 Å². The van der Waals surface area contributed by atoms with Gasteiger partial charge in [0, 0.05) is 11.4 Å². The van der Waals surface area contributed by atoms with Crippen molar-refractivity contribution in [1.29, 1.82) is 0 Å². The molecular weight excluding hydrogens is 330 g/mol. The molecule has 128 valence electrons. The Morgan fingerprint density at radius 1 is 1.08 bits per heavy atom. The van der Waals surface area contributed by atoms with Crippen molar-refractivity contribution >= 4 is 11.8 Å². The summed E-state index contributed by atoms with van der Waals surface area (Å²) in [6.45, 7) is 8.37. The van der Waals surface area contributed by atoms with E-state index in [1.54, 1.807) is 11.8 Å². The van der Waals surface area contributed by atoms with Crippen LogP contribution in [-0.4, -0.2) is 20.5 Å². The summed E-state index contributed by atoms with van der Waals surface area (Å²) in [5.41, 5.74) is 3.23. The van der Waals surface area contributed by atoms with Gasteiger partial charge in [0.2, 0.25) is 0 Å². The Bertz CT molecular complexity index is 858. The molecule has 5 heteroatoms. The molecule has 0 saturated heterocycles. The van der Waals surface area contributed by atoms with Crippen LogP contribution in [0, 0.1) is 6.92 Å². The molecule has 0 atom stereocenters. The highest BCUT2D eigenvalue weighted by atomic mass is 32.2. The molecule has 0 amide bonds. The first-order valence-electron chi connectivity index (χ1n) is 8.10. The molecule has 0 spiro atoms. The Hall–Kier alpha value is -2.53. The molecule has 0 fully saturated rings. The fourth-order valence-electron chi connectivity index (χ4n) is 2.37. The highest BCUT2D eigenvalue weighted by molar-refractivity contribution is 7.99. The summed E-state index contributed by atoms with van der Waals surface area (Å²) >= 11 is 1.63. The van der Waals surface area contributed by atoms with E-state index in [1.165, 1.54) is 0 Å². The Morgan fingerprint density at radius 3 is 2.52 bits per heavy atom. The number of hydrogen-bond acceptors (Lipinski definition) is 4. The number of para-hydroxylation sites is 2. The van der Waals surface area contributed by atoms with E-state index < -0.39 is 0 Å². The molecule has 2 aromatic carbocycles. The lowest BCUT2D eigenvalue weighted by atomic mass is 10.2. The maximum atomic E-state index is 5.97. The van der Waals surface area contributed by atoms with E-state index in [0.717, 1.165) is 39.3 Å². The topological polar surface area (TPSA) is 39.9 Å². The quantitative estimate of drug-likeness (QED) is 0.452. The zero-order valence-corrected chi connectivity index (χ0v) is 15.3. The Kier molecular flexibility index (Phi) is 5.56. The fourth-order valence-corrected chi connectivity index (χ4v) is 3.19. The minimum atomic E-state index is 0.361. The number of hydrogen-bond donors (Lipinski definition) is 0. The lowest BCUT2D eigenvalue weighted by molar-refractivity contribution is 0.291. The second-order valence-corrected chi connectivity index (χ2v) is 6.81. The maximum Gasteiger partial charge on any atom is 0.196 e. The highest BCUT2D eigenvalue weighted by Gasteiger charge is 2.15. The van der Waals surface area contributed by atoms with Crippen molar-refractivity contribution < 1.29 is 4.74 Å². The number of rotatable bonds is 7. The van der Waals surface area contributed by atoms with Crippen molar-refractivity contribution in [2.24, 2.45) is 0 Å². The third kappa shape index (κ3) is 4.31. The van der Waals surface area contributed by atoms with Crippen LogP contribution in [0.25, 0.3) is 5.69 Å². The molecule has 0 saturated carbocycles. The summed E-state index contributed by atoms with van der Waals surface area (Å²) in [7, 11) is 0. The summed E-state index contributed by atoms with van der Waals surface area (Å²) in [6, 6.07) is 18.1. The molecule has 3 rings (SSSR count). The zero-order chi connectivity index (χ0) is 17.6. The van der Waals surface area contributed by atoms with Gasteiger partial charge in [-0.25, -0.2) is 0 Å². The number of nitrogens with zero attached hydrogens (tertiary/aromatic N) is 3.